The molecular formula is C13H12ClN3O2S. The number of nitrogens with zero attached hydrogens (tertiary/aromatic N) is 2. The number of benzene rings is 1. The van der Waals surface area contributed by atoms with Gasteiger partial charge < -0.3 is 15.2 Å². The normalized spacial score (nSPS) is 12.7. The molecule has 0 fully saturated rings. The van der Waals surface area contributed by atoms with Crippen LogP contribution in [0.1, 0.15) is 11.1 Å². The lowest BCUT2D eigenvalue weighted by Gasteiger charge is -2.07. The third-order valence-electron chi connectivity index (χ3n) is 2.74. The molecule has 1 aromatic carbocycles. The standard InChI is InChI=1S/C13H12ClN3O2S/c1-7-2-8(12-9(3-7)18-6-19-12)5-20-13-16-10(14)4-11(15)17-13/h2-4H,5-6H2,1H3,(H2,15,16,17). The molecule has 5 nitrogen and oxygen atoms in total. The third kappa shape index (κ3) is 2.76. The van der Waals surface area contributed by atoms with Crippen molar-refractivity contribution in [3.63, 3.8) is 0 Å². The molecule has 2 aromatic rings. The van der Waals surface area contributed by atoms with Gasteiger partial charge in [0.2, 0.25) is 6.79 Å². The topological polar surface area (TPSA) is 70.3 Å². The Morgan fingerprint density at radius 3 is 2.95 bits per heavy atom. The van der Waals surface area contributed by atoms with E-state index in [1.807, 2.05) is 13.0 Å². The largest absolute Gasteiger partial charge is 0.454 e. The van der Waals surface area contributed by atoms with Gasteiger partial charge in [-0.15, -0.1) is 0 Å². The van der Waals surface area contributed by atoms with Gasteiger partial charge in [0.15, 0.2) is 16.7 Å². The molecule has 0 atom stereocenters. The van der Waals surface area contributed by atoms with Gasteiger partial charge in [-0.2, -0.15) is 0 Å². The van der Waals surface area contributed by atoms with Crippen LogP contribution < -0.4 is 15.2 Å². The average molecular weight is 310 g/mol. The molecule has 0 saturated carbocycles. The van der Waals surface area contributed by atoms with E-state index in [1.54, 1.807) is 0 Å². The van der Waals surface area contributed by atoms with Crippen LogP contribution in [-0.2, 0) is 5.75 Å². The highest BCUT2D eigenvalue weighted by atomic mass is 35.5. The molecule has 0 radical (unpaired) electrons. The lowest BCUT2D eigenvalue weighted by atomic mass is 10.1. The molecule has 1 aliphatic rings. The van der Waals surface area contributed by atoms with Crippen LogP contribution in [0.15, 0.2) is 23.4 Å². The highest BCUT2D eigenvalue weighted by molar-refractivity contribution is 7.98. The van der Waals surface area contributed by atoms with Gasteiger partial charge >= 0.3 is 0 Å². The number of nitrogen functional groups attached to an aromatic ring is 1. The molecule has 20 heavy (non-hydrogen) atoms. The van der Waals surface area contributed by atoms with Gasteiger partial charge in [0, 0.05) is 17.4 Å². The summed E-state index contributed by atoms with van der Waals surface area (Å²) in [6.45, 7) is 2.28. The minimum Gasteiger partial charge on any atom is -0.454 e. The van der Waals surface area contributed by atoms with Crippen LogP contribution in [0, 0.1) is 6.92 Å². The van der Waals surface area contributed by atoms with Crippen molar-refractivity contribution in [2.75, 3.05) is 12.5 Å². The number of thioether (sulfide) groups is 1. The minimum absolute atomic E-state index is 0.261. The second-order valence-electron chi connectivity index (χ2n) is 4.34. The zero-order valence-electron chi connectivity index (χ0n) is 10.7. The second kappa shape index (κ2) is 5.38. The Kier molecular flexibility index (Phi) is 3.58. The minimum atomic E-state index is 0.261. The zero-order chi connectivity index (χ0) is 14.1. The summed E-state index contributed by atoms with van der Waals surface area (Å²) in [5, 5.41) is 0.887. The first kappa shape index (κ1) is 13.3. The number of fused-ring (bicyclic) bond motifs is 1. The van der Waals surface area contributed by atoms with Gasteiger partial charge in [-0.25, -0.2) is 9.97 Å². The molecule has 2 heterocycles. The summed E-state index contributed by atoms with van der Waals surface area (Å²) in [7, 11) is 0. The number of hydrogen-bond acceptors (Lipinski definition) is 6. The summed E-state index contributed by atoms with van der Waals surface area (Å²) in [6, 6.07) is 5.55. The van der Waals surface area contributed by atoms with E-state index in [-0.39, 0.29) is 6.79 Å². The monoisotopic (exact) mass is 309 g/mol. The van der Waals surface area contributed by atoms with Crippen LogP contribution in [0.5, 0.6) is 11.5 Å². The number of nitrogens with two attached hydrogens (primary N) is 1. The first-order valence-corrected chi connectivity index (χ1v) is 7.30. The fraction of sp³-hybridized carbons (Fsp3) is 0.231. The molecule has 1 aliphatic heterocycles. The van der Waals surface area contributed by atoms with Crippen LogP contribution in [0.25, 0.3) is 0 Å². The van der Waals surface area contributed by atoms with Crippen molar-refractivity contribution in [2.45, 2.75) is 17.8 Å². The molecule has 0 aliphatic carbocycles. The van der Waals surface area contributed by atoms with Gasteiger partial charge in [-0.05, 0) is 18.6 Å². The zero-order valence-corrected chi connectivity index (χ0v) is 12.3. The molecule has 1 aromatic heterocycles. The van der Waals surface area contributed by atoms with Gasteiger partial charge in [-0.1, -0.05) is 29.4 Å². The predicted molar refractivity (Wildman–Crippen MR) is 78.3 cm³/mol. The fourth-order valence-corrected chi connectivity index (χ4v) is 3.04. The number of aromatic nitrogens is 2. The summed E-state index contributed by atoms with van der Waals surface area (Å²) in [6.07, 6.45) is 0. The number of aryl methyl sites for hydroxylation is 1. The van der Waals surface area contributed by atoms with E-state index in [4.69, 9.17) is 26.8 Å². The van der Waals surface area contributed by atoms with E-state index in [0.29, 0.717) is 21.9 Å². The Morgan fingerprint density at radius 1 is 1.30 bits per heavy atom. The van der Waals surface area contributed by atoms with Crippen LogP contribution in [0.3, 0.4) is 0 Å². The molecule has 2 N–H and O–H groups in total. The summed E-state index contributed by atoms with van der Waals surface area (Å²) < 4.78 is 10.9. The summed E-state index contributed by atoms with van der Waals surface area (Å²) in [5.74, 6) is 2.60. The Hall–Kier alpha value is -1.66. The molecule has 104 valence electrons. The van der Waals surface area contributed by atoms with Crippen molar-refractivity contribution in [2.24, 2.45) is 0 Å². The Bertz CT molecular complexity index is 646. The van der Waals surface area contributed by atoms with E-state index in [1.165, 1.54) is 17.8 Å². The number of ether oxygens (including phenoxy) is 2. The first-order valence-electron chi connectivity index (χ1n) is 5.94. The molecule has 7 heteroatoms. The second-order valence-corrected chi connectivity index (χ2v) is 5.67. The van der Waals surface area contributed by atoms with E-state index in [9.17, 15) is 0 Å². The highest BCUT2D eigenvalue weighted by Gasteiger charge is 2.18. The molecule has 3 rings (SSSR count). The maximum absolute atomic E-state index is 5.86. The third-order valence-corrected chi connectivity index (χ3v) is 3.83. The van der Waals surface area contributed by atoms with Crippen LogP contribution in [0.2, 0.25) is 5.15 Å². The van der Waals surface area contributed by atoms with Crippen molar-refractivity contribution in [3.8, 4) is 11.5 Å². The molecule has 0 bridgehead atoms. The highest BCUT2D eigenvalue weighted by Crippen LogP contribution is 2.39. The van der Waals surface area contributed by atoms with Crippen molar-refractivity contribution < 1.29 is 9.47 Å². The number of rotatable bonds is 3. The molecule has 0 saturated heterocycles. The smallest absolute Gasteiger partial charge is 0.231 e. The van der Waals surface area contributed by atoms with Crippen molar-refractivity contribution in [1.82, 2.24) is 9.97 Å². The van der Waals surface area contributed by atoms with E-state index < -0.39 is 0 Å². The number of anilines is 1. The summed E-state index contributed by atoms with van der Waals surface area (Å²) >= 11 is 7.32. The Morgan fingerprint density at radius 2 is 2.15 bits per heavy atom. The van der Waals surface area contributed by atoms with Crippen LogP contribution in [-0.4, -0.2) is 16.8 Å². The molecule has 0 spiro atoms. The maximum atomic E-state index is 5.86. The summed E-state index contributed by atoms with van der Waals surface area (Å²) in [5.41, 5.74) is 7.82. The fourth-order valence-electron chi connectivity index (χ4n) is 1.96. The van der Waals surface area contributed by atoms with Crippen molar-refractivity contribution >= 4 is 29.2 Å². The van der Waals surface area contributed by atoms with E-state index >= 15 is 0 Å². The van der Waals surface area contributed by atoms with E-state index in [0.717, 1.165) is 22.6 Å². The van der Waals surface area contributed by atoms with Crippen LogP contribution >= 0.6 is 23.4 Å². The maximum Gasteiger partial charge on any atom is 0.231 e. The first-order chi connectivity index (χ1) is 9.61. The van der Waals surface area contributed by atoms with Gasteiger partial charge in [0.1, 0.15) is 11.0 Å². The SMILES string of the molecule is Cc1cc(CSc2nc(N)cc(Cl)n2)c2c(c1)OCO2. The Balaban J connectivity index is 1.82. The quantitative estimate of drug-likeness (QED) is 0.534. The summed E-state index contributed by atoms with van der Waals surface area (Å²) in [4.78, 5) is 8.27. The molecular weight excluding hydrogens is 298 g/mol. The molecule has 0 amide bonds. The number of halogens is 1. The Labute approximate surface area is 125 Å². The average Bonchev–Trinajstić information content (AvgIpc) is 2.82. The van der Waals surface area contributed by atoms with Crippen molar-refractivity contribution in [1.29, 1.82) is 0 Å². The lowest BCUT2D eigenvalue weighted by Crippen LogP contribution is -1.96. The van der Waals surface area contributed by atoms with Gasteiger partial charge in [0.05, 0.1) is 0 Å². The lowest BCUT2D eigenvalue weighted by molar-refractivity contribution is 0.173. The van der Waals surface area contributed by atoms with Gasteiger partial charge in [0.25, 0.3) is 0 Å². The molecule has 0 unspecified atom stereocenters. The van der Waals surface area contributed by atoms with Crippen molar-refractivity contribution in [3.05, 3.63) is 34.5 Å². The predicted octanol–water partition coefficient (Wildman–Crippen LogP) is 3.04. The van der Waals surface area contributed by atoms with Gasteiger partial charge in [-0.3, -0.25) is 0 Å². The number of hydrogen-bond donors (Lipinski definition) is 1. The van der Waals surface area contributed by atoms with E-state index in [2.05, 4.69) is 16.0 Å². The van der Waals surface area contributed by atoms with Crippen LogP contribution in [0.4, 0.5) is 5.82 Å².